The zero-order valence-electron chi connectivity index (χ0n) is 14.6. The van der Waals surface area contributed by atoms with Crippen LogP contribution in [0.4, 0.5) is 0 Å². The lowest BCUT2D eigenvalue weighted by atomic mass is 10.0. The highest BCUT2D eigenvalue weighted by Crippen LogP contribution is 2.33. The van der Waals surface area contributed by atoms with Crippen molar-refractivity contribution in [2.75, 3.05) is 7.11 Å². The predicted molar refractivity (Wildman–Crippen MR) is 108 cm³/mol. The van der Waals surface area contributed by atoms with E-state index in [9.17, 15) is 0 Å². The van der Waals surface area contributed by atoms with Crippen LogP contribution in [-0.2, 0) is 0 Å². The number of hydrogen-bond donors (Lipinski definition) is 0. The van der Waals surface area contributed by atoms with E-state index in [1.165, 1.54) is 10.4 Å². The first-order valence-electron chi connectivity index (χ1n) is 8.37. The molecule has 4 heteroatoms. The fraction of sp³-hybridized carbons (Fsp3) is 0.0909. The van der Waals surface area contributed by atoms with Crippen LogP contribution in [0.3, 0.4) is 0 Å². The number of aromatic nitrogens is 2. The average Bonchev–Trinajstić information content (AvgIpc) is 3.14. The van der Waals surface area contributed by atoms with E-state index in [1.54, 1.807) is 24.6 Å². The van der Waals surface area contributed by atoms with E-state index in [0.29, 0.717) is 0 Å². The van der Waals surface area contributed by atoms with E-state index in [2.05, 4.69) is 47.6 Å². The maximum Gasteiger partial charge on any atom is 0.118 e. The molecule has 0 saturated heterocycles. The zero-order chi connectivity index (χ0) is 17.9. The maximum atomic E-state index is 5.28. The second kappa shape index (κ2) is 7.10. The van der Waals surface area contributed by atoms with Crippen LogP contribution in [0.15, 0.2) is 72.2 Å². The molecule has 0 unspecified atom stereocenters. The summed E-state index contributed by atoms with van der Waals surface area (Å²) in [6.45, 7) is 2.12. The van der Waals surface area contributed by atoms with Gasteiger partial charge < -0.3 is 4.74 Å². The molecule has 4 rings (SSSR count). The molecular weight excluding hydrogens is 340 g/mol. The lowest BCUT2D eigenvalue weighted by Crippen LogP contribution is -1.92. The highest BCUT2D eigenvalue weighted by Gasteiger charge is 2.12. The molecule has 0 aliphatic heterocycles. The van der Waals surface area contributed by atoms with Crippen molar-refractivity contribution in [1.82, 2.24) is 9.97 Å². The standard InChI is InChI=1S/C22H18N2OS/c1-15-10-12-26-22(15)21-14-17(16-6-8-18(25-2)9-7-16)13-20(24-21)19-5-3-4-11-23-19/h3-14H,1-2H3. The van der Waals surface area contributed by atoms with Gasteiger partial charge in [0.05, 0.1) is 29.1 Å². The maximum absolute atomic E-state index is 5.28. The smallest absolute Gasteiger partial charge is 0.118 e. The summed E-state index contributed by atoms with van der Waals surface area (Å²) in [4.78, 5) is 10.6. The molecule has 3 nitrogen and oxygen atoms in total. The van der Waals surface area contributed by atoms with E-state index in [0.717, 1.165) is 34.0 Å². The first-order valence-corrected chi connectivity index (χ1v) is 9.25. The van der Waals surface area contributed by atoms with Gasteiger partial charge in [-0.25, -0.2) is 4.98 Å². The normalized spacial score (nSPS) is 10.7. The number of benzene rings is 1. The molecule has 0 radical (unpaired) electrons. The van der Waals surface area contributed by atoms with Gasteiger partial charge in [-0.05, 0) is 71.5 Å². The molecule has 0 N–H and O–H groups in total. The fourth-order valence-electron chi connectivity index (χ4n) is 2.88. The minimum Gasteiger partial charge on any atom is -0.497 e. The number of methoxy groups -OCH3 is 1. The molecule has 0 atom stereocenters. The van der Waals surface area contributed by atoms with Gasteiger partial charge in [-0.3, -0.25) is 4.98 Å². The van der Waals surface area contributed by atoms with Crippen molar-refractivity contribution in [2.45, 2.75) is 6.92 Å². The predicted octanol–water partition coefficient (Wildman–Crippen LogP) is 5.86. The lowest BCUT2D eigenvalue weighted by Gasteiger charge is -2.10. The number of ether oxygens (including phenoxy) is 1. The molecular formula is C22H18N2OS. The number of aryl methyl sites for hydroxylation is 1. The van der Waals surface area contributed by atoms with Crippen LogP contribution in [0.1, 0.15) is 5.56 Å². The third kappa shape index (κ3) is 3.24. The van der Waals surface area contributed by atoms with Crippen LogP contribution in [-0.4, -0.2) is 17.1 Å². The second-order valence-electron chi connectivity index (χ2n) is 6.00. The third-order valence-electron chi connectivity index (χ3n) is 4.27. The third-order valence-corrected chi connectivity index (χ3v) is 5.31. The fourth-order valence-corrected chi connectivity index (χ4v) is 3.77. The van der Waals surface area contributed by atoms with Gasteiger partial charge in [-0.1, -0.05) is 18.2 Å². The van der Waals surface area contributed by atoms with Crippen molar-refractivity contribution in [3.63, 3.8) is 0 Å². The SMILES string of the molecule is COc1ccc(-c2cc(-c3ccccn3)nc(-c3sccc3C)c2)cc1. The van der Waals surface area contributed by atoms with E-state index in [4.69, 9.17) is 9.72 Å². The monoisotopic (exact) mass is 358 g/mol. The van der Waals surface area contributed by atoms with Crippen molar-refractivity contribution in [3.8, 4) is 38.8 Å². The molecule has 3 aromatic heterocycles. The highest BCUT2D eigenvalue weighted by molar-refractivity contribution is 7.13. The van der Waals surface area contributed by atoms with Gasteiger partial charge in [-0.2, -0.15) is 0 Å². The zero-order valence-corrected chi connectivity index (χ0v) is 15.5. The molecule has 0 amide bonds. The minimum atomic E-state index is 0.849. The summed E-state index contributed by atoms with van der Waals surface area (Å²) >= 11 is 1.71. The van der Waals surface area contributed by atoms with Crippen LogP contribution in [0.5, 0.6) is 5.75 Å². The molecule has 3 heterocycles. The van der Waals surface area contributed by atoms with Crippen molar-refractivity contribution in [2.24, 2.45) is 0 Å². The van der Waals surface area contributed by atoms with Crippen LogP contribution >= 0.6 is 11.3 Å². The number of thiophene rings is 1. The van der Waals surface area contributed by atoms with Gasteiger partial charge in [0.15, 0.2) is 0 Å². The minimum absolute atomic E-state index is 0.849. The summed E-state index contributed by atoms with van der Waals surface area (Å²) in [7, 11) is 1.68. The van der Waals surface area contributed by atoms with Crippen LogP contribution < -0.4 is 4.74 Å². The van der Waals surface area contributed by atoms with Crippen molar-refractivity contribution < 1.29 is 4.74 Å². The molecule has 0 spiro atoms. The summed E-state index contributed by atoms with van der Waals surface area (Å²) in [6.07, 6.45) is 1.80. The van der Waals surface area contributed by atoms with Gasteiger partial charge in [0.1, 0.15) is 5.75 Å². The van der Waals surface area contributed by atoms with E-state index >= 15 is 0 Å². The summed E-state index contributed by atoms with van der Waals surface area (Å²) in [5, 5.41) is 2.10. The van der Waals surface area contributed by atoms with Gasteiger partial charge >= 0.3 is 0 Å². The quantitative estimate of drug-likeness (QED) is 0.458. The Bertz CT molecular complexity index is 1020. The number of nitrogens with zero attached hydrogens (tertiary/aromatic N) is 2. The van der Waals surface area contributed by atoms with E-state index < -0.39 is 0 Å². The lowest BCUT2D eigenvalue weighted by molar-refractivity contribution is 0.415. The second-order valence-corrected chi connectivity index (χ2v) is 6.92. The Morgan fingerprint density at radius 3 is 2.31 bits per heavy atom. The molecule has 128 valence electrons. The Balaban J connectivity index is 1.89. The Kier molecular flexibility index (Phi) is 4.50. The number of hydrogen-bond acceptors (Lipinski definition) is 4. The van der Waals surface area contributed by atoms with Crippen molar-refractivity contribution in [3.05, 3.63) is 77.8 Å². The van der Waals surface area contributed by atoms with Crippen LogP contribution in [0.2, 0.25) is 0 Å². The Labute approximate surface area is 157 Å². The largest absolute Gasteiger partial charge is 0.497 e. The highest BCUT2D eigenvalue weighted by atomic mass is 32.1. The molecule has 0 aliphatic carbocycles. The molecule has 0 saturated carbocycles. The molecule has 26 heavy (non-hydrogen) atoms. The first kappa shape index (κ1) is 16.5. The molecule has 0 bridgehead atoms. The summed E-state index contributed by atoms with van der Waals surface area (Å²) in [6, 6.07) is 20.4. The van der Waals surface area contributed by atoms with Gasteiger partial charge in [0.25, 0.3) is 0 Å². The van der Waals surface area contributed by atoms with Crippen molar-refractivity contribution >= 4 is 11.3 Å². The molecule has 1 aromatic carbocycles. The molecule has 4 aromatic rings. The Hall–Kier alpha value is -2.98. The van der Waals surface area contributed by atoms with E-state index in [-0.39, 0.29) is 0 Å². The summed E-state index contributed by atoms with van der Waals surface area (Å²) in [5.41, 5.74) is 6.21. The number of pyridine rings is 2. The Morgan fingerprint density at radius 1 is 0.846 bits per heavy atom. The van der Waals surface area contributed by atoms with Crippen molar-refractivity contribution in [1.29, 1.82) is 0 Å². The molecule has 0 fully saturated rings. The van der Waals surface area contributed by atoms with Gasteiger partial charge in [0, 0.05) is 6.20 Å². The van der Waals surface area contributed by atoms with Gasteiger partial charge in [-0.15, -0.1) is 11.3 Å². The van der Waals surface area contributed by atoms with Crippen LogP contribution in [0.25, 0.3) is 33.1 Å². The van der Waals surface area contributed by atoms with E-state index in [1.807, 2.05) is 30.3 Å². The van der Waals surface area contributed by atoms with Gasteiger partial charge in [0.2, 0.25) is 0 Å². The average molecular weight is 358 g/mol. The number of rotatable bonds is 4. The molecule has 0 aliphatic rings. The first-order chi connectivity index (χ1) is 12.7. The summed E-state index contributed by atoms with van der Waals surface area (Å²) in [5.74, 6) is 0.849. The van der Waals surface area contributed by atoms with Crippen LogP contribution in [0, 0.1) is 6.92 Å². The summed E-state index contributed by atoms with van der Waals surface area (Å²) < 4.78 is 5.28. The Morgan fingerprint density at radius 2 is 1.65 bits per heavy atom. The topological polar surface area (TPSA) is 35.0 Å².